The number of carboxylic acids is 1. The molecule has 0 saturated heterocycles. The van der Waals surface area contributed by atoms with Crippen LogP contribution in [0.3, 0.4) is 0 Å². The second kappa shape index (κ2) is 8.12. The summed E-state index contributed by atoms with van der Waals surface area (Å²) in [4.78, 5) is 22.5. The number of aliphatic carboxylic acids is 1. The Morgan fingerprint density at radius 2 is 1.95 bits per heavy atom. The van der Waals surface area contributed by atoms with E-state index in [0.29, 0.717) is 19.7 Å². The van der Waals surface area contributed by atoms with Gasteiger partial charge in [-0.3, -0.25) is 9.59 Å². The monoisotopic (exact) mass is 272 g/mol. The SMILES string of the molecule is NCCOCC(=O)NCC1(CC(=O)O)CCCCC1. The number of hydrogen-bond acceptors (Lipinski definition) is 4. The molecule has 1 fully saturated rings. The highest BCUT2D eigenvalue weighted by atomic mass is 16.5. The van der Waals surface area contributed by atoms with Crippen molar-refractivity contribution in [3.63, 3.8) is 0 Å². The molecule has 6 nitrogen and oxygen atoms in total. The maximum atomic E-state index is 11.6. The van der Waals surface area contributed by atoms with E-state index < -0.39 is 5.97 Å². The molecule has 19 heavy (non-hydrogen) atoms. The van der Waals surface area contributed by atoms with Crippen LogP contribution in [0.5, 0.6) is 0 Å². The van der Waals surface area contributed by atoms with Crippen LogP contribution in [0.25, 0.3) is 0 Å². The summed E-state index contributed by atoms with van der Waals surface area (Å²) in [7, 11) is 0. The summed E-state index contributed by atoms with van der Waals surface area (Å²) in [5.74, 6) is -1.00. The zero-order chi connectivity index (χ0) is 14.1. The maximum Gasteiger partial charge on any atom is 0.303 e. The van der Waals surface area contributed by atoms with Crippen LogP contribution in [-0.2, 0) is 14.3 Å². The Labute approximate surface area is 113 Å². The fourth-order valence-corrected chi connectivity index (χ4v) is 2.62. The Kier molecular flexibility index (Phi) is 6.80. The largest absolute Gasteiger partial charge is 0.481 e. The third kappa shape index (κ3) is 6.02. The zero-order valence-corrected chi connectivity index (χ0v) is 11.3. The highest BCUT2D eigenvalue weighted by Gasteiger charge is 2.34. The Morgan fingerprint density at radius 1 is 1.26 bits per heavy atom. The lowest BCUT2D eigenvalue weighted by Gasteiger charge is -2.36. The maximum absolute atomic E-state index is 11.6. The van der Waals surface area contributed by atoms with Gasteiger partial charge in [0.25, 0.3) is 0 Å². The van der Waals surface area contributed by atoms with Gasteiger partial charge in [-0.2, -0.15) is 0 Å². The molecule has 0 heterocycles. The Morgan fingerprint density at radius 3 is 2.53 bits per heavy atom. The van der Waals surface area contributed by atoms with Crippen LogP contribution < -0.4 is 11.1 Å². The molecule has 0 spiro atoms. The van der Waals surface area contributed by atoms with Crippen LogP contribution in [0.4, 0.5) is 0 Å². The first-order chi connectivity index (χ1) is 9.08. The van der Waals surface area contributed by atoms with Gasteiger partial charge in [-0.15, -0.1) is 0 Å². The number of amides is 1. The van der Waals surface area contributed by atoms with E-state index in [1.807, 2.05) is 0 Å². The number of rotatable bonds is 8. The van der Waals surface area contributed by atoms with Crippen molar-refractivity contribution in [2.45, 2.75) is 38.5 Å². The van der Waals surface area contributed by atoms with Crippen molar-refractivity contribution in [2.75, 3.05) is 26.3 Å². The first kappa shape index (κ1) is 15.9. The highest BCUT2D eigenvalue weighted by Crippen LogP contribution is 2.38. The average molecular weight is 272 g/mol. The molecule has 0 aromatic heterocycles. The molecule has 0 unspecified atom stereocenters. The van der Waals surface area contributed by atoms with E-state index >= 15 is 0 Å². The summed E-state index contributed by atoms with van der Waals surface area (Å²) < 4.78 is 5.05. The van der Waals surface area contributed by atoms with Crippen LogP contribution >= 0.6 is 0 Å². The molecule has 1 rings (SSSR count). The van der Waals surface area contributed by atoms with Crippen molar-refractivity contribution < 1.29 is 19.4 Å². The number of carboxylic acid groups (broad SMARTS) is 1. The van der Waals surface area contributed by atoms with Gasteiger partial charge >= 0.3 is 5.97 Å². The van der Waals surface area contributed by atoms with E-state index in [9.17, 15) is 9.59 Å². The van der Waals surface area contributed by atoms with Crippen LogP contribution in [0, 0.1) is 5.41 Å². The summed E-state index contributed by atoms with van der Waals surface area (Å²) in [5, 5.41) is 11.8. The number of nitrogens with one attached hydrogen (secondary N) is 1. The lowest BCUT2D eigenvalue weighted by atomic mass is 9.71. The predicted molar refractivity (Wildman–Crippen MR) is 70.7 cm³/mol. The number of carbonyl (C=O) groups is 2. The third-order valence-corrected chi connectivity index (χ3v) is 3.60. The van der Waals surface area contributed by atoms with Gasteiger partial charge in [0.05, 0.1) is 13.0 Å². The normalized spacial score (nSPS) is 17.9. The van der Waals surface area contributed by atoms with Crippen molar-refractivity contribution >= 4 is 11.9 Å². The van der Waals surface area contributed by atoms with E-state index in [1.54, 1.807) is 0 Å². The van der Waals surface area contributed by atoms with E-state index in [-0.39, 0.29) is 24.3 Å². The molecule has 0 bridgehead atoms. The smallest absolute Gasteiger partial charge is 0.303 e. The molecule has 0 aromatic rings. The second-order valence-electron chi connectivity index (χ2n) is 5.25. The summed E-state index contributed by atoms with van der Waals surface area (Å²) in [6.07, 6.45) is 5.07. The molecule has 0 aromatic carbocycles. The molecule has 1 saturated carbocycles. The van der Waals surface area contributed by atoms with Gasteiger partial charge in [0.2, 0.25) is 5.91 Å². The van der Waals surface area contributed by atoms with Crippen molar-refractivity contribution in [3.05, 3.63) is 0 Å². The average Bonchev–Trinajstić information content (AvgIpc) is 2.37. The van der Waals surface area contributed by atoms with E-state index in [1.165, 1.54) is 0 Å². The van der Waals surface area contributed by atoms with E-state index in [2.05, 4.69) is 5.32 Å². The van der Waals surface area contributed by atoms with E-state index in [4.69, 9.17) is 15.6 Å². The molecule has 1 aliphatic rings. The van der Waals surface area contributed by atoms with Gasteiger partial charge in [-0.1, -0.05) is 19.3 Å². The fourth-order valence-electron chi connectivity index (χ4n) is 2.62. The summed E-state index contributed by atoms with van der Waals surface area (Å²) in [6, 6.07) is 0. The van der Waals surface area contributed by atoms with Gasteiger partial charge in [0.15, 0.2) is 0 Å². The molecular weight excluding hydrogens is 248 g/mol. The van der Waals surface area contributed by atoms with Gasteiger partial charge < -0.3 is 20.9 Å². The summed E-state index contributed by atoms with van der Waals surface area (Å²) in [6.45, 7) is 1.15. The Bertz CT molecular complexity index is 301. The second-order valence-corrected chi connectivity index (χ2v) is 5.25. The molecule has 110 valence electrons. The van der Waals surface area contributed by atoms with Gasteiger partial charge in [-0.05, 0) is 18.3 Å². The first-order valence-electron chi connectivity index (χ1n) is 6.84. The van der Waals surface area contributed by atoms with Gasteiger partial charge in [-0.25, -0.2) is 0 Å². The molecule has 6 heteroatoms. The minimum Gasteiger partial charge on any atom is -0.481 e. The van der Waals surface area contributed by atoms with Crippen molar-refractivity contribution in [1.29, 1.82) is 0 Å². The number of carbonyl (C=O) groups excluding carboxylic acids is 1. The molecule has 0 atom stereocenters. The standard InChI is InChI=1S/C13H24N2O4/c14-6-7-19-9-11(16)15-10-13(8-12(17)18)4-2-1-3-5-13/h1-10,14H2,(H,15,16)(H,17,18). The molecule has 1 amide bonds. The van der Waals surface area contributed by atoms with Crippen LogP contribution in [-0.4, -0.2) is 43.3 Å². The van der Waals surface area contributed by atoms with E-state index in [0.717, 1.165) is 32.1 Å². The molecular formula is C13H24N2O4. The van der Waals surface area contributed by atoms with Crippen molar-refractivity contribution in [3.8, 4) is 0 Å². The number of ether oxygens (including phenoxy) is 1. The van der Waals surface area contributed by atoms with Gasteiger partial charge in [0.1, 0.15) is 6.61 Å². The van der Waals surface area contributed by atoms with Crippen LogP contribution in [0.2, 0.25) is 0 Å². The van der Waals surface area contributed by atoms with Crippen molar-refractivity contribution in [2.24, 2.45) is 11.1 Å². The highest BCUT2D eigenvalue weighted by molar-refractivity contribution is 5.77. The summed E-state index contributed by atoms with van der Waals surface area (Å²) in [5.41, 5.74) is 4.98. The minimum absolute atomic E-state index is 0.0135. The minimum atomic E-state index is -0.796. The van der Waals surface area contributed by atoms with Crippen LogP contribution in [0.15, 0.2) is 0 Å². The fraction of sp³-hybridized carbons (Fsp3) is 0.846. The topological polar surface area (TPSA) is 102 Å². The predicted octanol–water partition coefficient (Wildman–Crippen LogP) is 0.503. The number of hydrogen-bond donors (Lipinski definition) is 3. The summed E-state index contributed by atoms with van der Waals surface area (Å²) >= 11 is 0. The van der Waals surface area contributed by atoms with Crippen LogP contribution in [0.1, 0.15) is 38.5 Å². The van der Waals surface area contributed by atoms with Gasteiger partial charge in [0, 0.05) is 13.1 Å². The molecule has 0 aliphatic heterocycles. The first-order valence-corrected chi connectivity index (χ1v) is 6.84. The zero-order valence-electron chi connectivity index (χ0n) is 11.3. The Hall–Kier alpha value is -1.14. The molecule has 0 radical (unpaired) electrons. The number of nitrogens with two attached hydrogens (primary N) is 1. The Balaban J connectivity index is 2.40. The molecule has 1 aliphatic carbocycles. The van der Waals surface area contributed by atoms with Crippen molar-refractivity contribution in [1.82, 2.24) is 5.32 Å². The third-order valence-electron chi connectivity index (χ3n) is 3.60. The molecule has 4 N–H and O–H groups in total. The lowest BCUT2D eigenvalue weighted by molar-refractivity contribution is -0.141. The lowest BCUT2D eigenvalue weighted by Crippen LogP contribution is -2.41. The quantitative estimate of drug-likeness (QED) is 0.559.